The first kappa shape index (κ1) is 15.7. The Morgan fingerprint density at radius 2 is 2.17 bits per heavy atom. The van der Waals surface area contributed by atoms with Crippen molar-refractivity contribution in [3.05, 3.63) is 27.7 Å². The lowest BCUT2D eigenvalue weighted by Crippen LogP contribution is -2.33. The van der Waals surface area contributed by atoms with Gasteiger partial charge in [-0.15, -0.1) is 0 Å². The zero-order valence-electron chi connectivity index (χ0n) is 9.73. The number of anilines is 1. The average Bonchev–Trinajstić information content (AvgIpc) is 2.30. The molecule has 0 heterocycles. The molecule has 0 fully saturated rings. The van der Waals surface area contributed by atoms with Gasteiger partial charge in [0.2, 0.25) is 0 Å². The molecule has 1 aromatic carbocycles. The van der Waals surface area contributed by atoms with Crippen LogP contribution in [0.4, 0.5) is 5.69 Å². The first-order chi connectivity index (χ1) is 8.36. The summed E-state index contributed by atoms with van der Waals surface area (Å²) in [5, 5.41) is 9.12. The monoisotopic (exact) mass is 356 g/mol. The molecule has 0 radical (unpaired) electrons. The summed E-state index contributed by atoms with van der Waals surface area (Å²) in [5.41, 5.74) is 0.373. The van der Waals surface area contributed by atoms with Crippen molar-refractivity contribution < 1.29 is 13.5 Å². The van der Waals surface area contributed by atoms with E-state index in [2.05, 4.69) is 20.7 Å². The molecule has 102 valence electrons. The highest BCUT2D eigenvalue weighted by atomic mass is 79.9. The van der Waals surface area contributed by atoms with E-state index in [0.717, 1.165) is 4.31 Å². The van der Waals surface area contributed by atoms with Crippen LogP contribution in [0.25, 0.3) is 0 Å². The summed E-state index contributed by atoms with van der Waals surface area (Å²) in [5.74, 6) is 0. The summed E-state index contributed by atoms with van der Waals surface area (Å²) in [4.78, 5) is 0. The zero-order chi connectivity index (χ0) is 13.8. The normalized spacial score (nSPS) is 11.8. The summed E-state index contributed by atoms with van der Waals surface area (Å²) in [6.07, 6.45) is 0.383. The molecule has 5 nitrogen and oxygen atoms in total. The van der Waals surface area contributed by atoms with Crippen LogP contribution in [0.3, 0.4) is 0 Å². The molecule has 0 spiro atoms. The predicted octanol–water partition coefficient (Wildman–Crippen LogP) is 2.07. The molecule has 0 aliphatic heterocycles. The number of nitrogens with one attached hydrogen (secondary N) is 1. The molecule has 1 rings (SSSR count). The van der Waals surface area contributed by atoms with Crippen molar-refractivity contribution in [2.24, 2.45) is 0 Å². The minimum atomic E-state index is -3.64. The van der Waals surface area contributed by atoms with Crippen LogP contribution in [-0.2, 0) is 10.2 Å². The molecule has 0 atom stereocenters. The average molecular weight is 358 g/mol. The molecule has 0 aliphatic rings. The van der Waals surface area contributed by atoms with Crippen LogP contribution >= 0.6 is 27.5 Å². The van der Waals surface area contributed by atoms with E-state index >= 15 is 0 Å². The minimum Gasteiger partial charge on any atom is -0.396 e. The number of aliphatic hydroxyl groups is 1. The zero-order valence-corrected chi connectivity index (χ0v) is 12.9. The van der Waals surface area contributed by atoms with Crippen molar-refractivity contribution in [2.75, 3.05) is 24.9 Å². The van der Waals surface area contributed by atoms with E-state index < -0.39 is 10.2 Å². The highest BCUT2D eigenvalue weighted by molar-refractivity contribution is 9.10. The van der Waals surface area contributed by atoms with Gasteiger partial charge in [0.05, 0.1) is 5.69 Å². The van der Waals surface area contributed by atoms with Gasteiger partial charge >= 0.3 is 10.2 Å². The third-order valence-electron chi connectivity index (χ3n) is 2.21. The van der Waals surface area contributed by atoms with Gasteiger partial charge in [-0.25, -0.2) is 0 Å². The maximum Gasteiger partial charge on any atom is 0.301 e. The van der Waals surface area contributed by atoms with Crippen molar-refractivity contribution >= 4 is 43.4 Å². The maximum absolute atomic E-state index is 11.9. The first-order valence-electron chi connectivity index (χ1n) is 5.17. The highest BCUT2D eigenvalue weighted by Gasteiger charge is 2.18. The van der Waals surface area contributed by atoms with Crippen molar-refractivity contribution in [1.29, 1.82) is 0 Å². The number of rotatable bonds is 6. The Balaban J connectivity index is 2.85. The minimum absolute atomic E-state index is 0.0548. The number of nitrogens with zero attached hydrogens (tertiary/aromatic N) is 1. The van der Waals surface area contributed by atoms with Crippen LogP contribution in [0, 0.1) is 0 Å². The lowest BCUT2D eigenvalue weighted by atomic mass is 10.3. The van der Waals surface area contributed by atoms with Crippen LogP contribution in [-0.4, -0.2) is 38.0 Å². The van der Waals surface area contributed by atoms with Crippen molar-refractivity contribution in [1.82, 2.24) is 4.31 Å². The fourth-order valence-corrected chi connectivity index (χ4v) is 2.83. The number of hydrogen-bond acceptors (Lipinski definition) is 3. The Hall–Kier alpha value is -0.340. The van der Waals surface area contributed by atoms with Crippen molar-refractivity contribution in [3.63, 3.8) is 0 Å². The predicted molar refractivity (Wildman–Crippen MR) is 76.0 cm³/mol. The van der Waals surface area contributed by atoms with Gasteiger partial charge in [-0.05, 0) is 40.5 Å². The lowest BCUT2D eigenvalue weighted by Gasteiger charge is -2.18. The summed E-state index contributed by atoms with van der Waals surface area (Å²) in [6.45, 7) is 0.185. The second-order valence-corrected chi connectivity index (χ2v) is 6.70. The van der Waals surface area contributed by atoms with Gasteiger partial charge in [0.15, 0.2) is 0 Å². The van der Waals surface area contributed by atoms with E-state index in [-0.39, 0.29) is 13.2 Å². The van der Waals surface area contributed by atoms with Crippen LogP contribution in [0.5, 0.6) is 0 Å². The van der Waals surface area contributed by atoms with E-state index in [1.807, 2.05) is 0 Å². The molecule has 0 aliphatic carbocycles. The number of halogens is 2. The van der Waals surface area contributed by atoms with E-state index in [1.54, 1.807) is 12.1 Å². The Kier molecular flexibility index (Phi) is 5.87. The van der Waals surface area contributed by atoms with Crippen LogP contribution in [0.2, 0.25) is 5.02 Å². The molecule has 8 heteroatoms. The largest absolute Gasteiger partial charge is 0.396 e. The SMILES string of the molecule is CN(CCCO)S(=O)(=O)Nc1cc(Cl)ccc1Br. The molecular weight excluding hydrogens is 344 g/mol. The standard InChI is InChI=1S/C10H14BrClN2O3S/c1-14(5-2-6-15)18(16,17)13-10-7-8(12)3-4-9(10)11/h3-4,7,13,15H,2,5-6H2,1H3. The molecule has 0 saturated heterocycles. The quantitative estimate of drug-likeness (QED) is 0.819. The van der Waals surface area contributed by atoms with Crippen LogP contribution in [0.15, 0.2) is 22.7 Å². The summed E-state index contributed by atoms with van der Waals surface area (Å²) >= 11 is 9.05. The van der Waals surface area contributed by atoms with E-state index in [9.17, 15) is 8.42 Å². The van der Waals surface area contributed by atoms with Gasteiger partial charge in [-0.3, -0.25) is 4.72 Å². The Morgan fingerprint density at radius 3 is 2.78 bits per heavy atom. The fourth-order valence-electron chi connectivity index (χ4n) is 1.21. The second-order valence-electron chi connectivity index (χ2n) is 3.63. The van der Waals surface area contributed by atoms with Gasteiger partial charge in [0, 0.05) is 29.7 Å². The Bertz CT molecular complexity index is 510. The summed E-state index contributed by atoms with van der Waals surface area (Å²) in [7, 11) is -2.20. The van der Waals surface area contributed by atoms with Gasteiger partial charge in [0.25, 0.3) is 0 Å². The number of benzene rings is 1. The molecule has 0 unspecified atom stereocenters. The molecule has 18 heavy (non-hydrogen) atoms. The van der Waals surface area contributed by atoms with Crippen LogP contribution < -0.4 is 4.72 Å². The molecular formula is C10H14BrClN2O3S. The van der Waals surface area contributed by atoms with Gasteiger partial charge in [0.1, 0.15) is 0 Å². The molecule has 2 N–H and O–H groups in total. The molecule has 0 saturated carbocycles. The fraction of sp³-hybridized carbons (Fsp3) is 0.400. The van der Waals surface area contributed by atoms with E-state index in [0.29, 0.717) is 21.6 Å². The Labute approximate surface area is 120 Å². The third kappa shape index (κ3) is 4.40. The smallest absolute Gasteiger partial charge is 0.301 e. The van der Waals surface area contributed by atoms with Crippen molar-refractivity contribution in [3.8, 4) is 0 Å². The molecule has 0 aromatic heterocycles. The number of aliphatic hydroxyl groups excluding tert-OH is 1. The second kappa shape index (κ2) is 6.72. The molecule has 0 bridgehead atoms. The lowest BCUT2D eigenvalue weighted by molar-refractivity contribution is 0.276. The topological polar surface area (TPSA) is 69.6 Å². The summed E-state index contributed by atoms with van der Waals surface area (Å²) < 4.78 is 28.0. The van der Waals surface area contributed by atoms with E-state index in [1.165, 1.54) is 13.1 Å². The van der Waals surface area contributed by atoms with Crippen molar-refractivity contribution in [2.45, 2.75) is 6.42 Å². The maximum atomic E-state index is 11.9. The summed E-state index contributed by atoms with van der Waals surface area (Å²) in [6, 6.07) is 4.83. The number of hydrogen-bond donors (Lipinski definition) is 2. The van der Waals surface area contributed by atoms with E-state index in [4.69, 9.17) is 16.7 Å². The van der Waals surface area contributed by atoms with Gasteiger partial charge in [-0.2, -0.15) is 12.7 Å². The van der Waals surface area contributed by atoms with Gasteiger partial charge in [-0.1, -0.05) is 11.6 Å². The van der Waals surface area contributed by atoms with Gasteiger partial charge < -0.3 is 5.11 Å². The Morgan fingerprint density at radius 1 is 1.50 bits per heavy atom. The van der Waals surface area contributed by atoms with Crippen LogP contribution in [0.1, 0.15) is 6.42 Å². The highest BCUT2D eigenvalue weighted by Crippen LogP contribution is 2.27. The molecule has 0 amide bonds. The third-order valence-corrected chi connectivity index (χ3v) is 4.62. The first-order valence-corrected chi connectivity index (χ1v) is 7.78. The molecule has 1 aromatic rings.